The molecule has 2 heterocycles. The Labute approximate surface area is 159 Å². The lowest BCUT2D eigenvalue weighted by atomic mass is 10.1. The minimum absolute atomic E-state index is 0.487. The van der Waals surface area contributed by atoms with Crippen molar-refractivity contribution in [3.63, 3.8) is 0 Å². The molecule has 4 rings (SSSR count). The number of piperidine rings is 1. The molecule has 1 N–H and O–H groups in total. The van der Waals surface area contributed by atoms with Crippen LogP contribution in [0.3, 0.4) is 0 Å². The van der Waals surface area contributed by atoms with Gasteiger partial charge in [0.15, 0.2) is 5.82 Å². The molecule has 0 unspecified atom stereocenters. The van der Waals surface area contributed by atoms with Gasteiger partial charge in [-0.1, -0.05) is 18.2 Å². The van der Waals surface area contributed by atoms with Gasteiger partial charge in [0, 0.05) is 37.2 Å². The van der Waals surface area contributed by atoms with Crippen LogP contribution in [-0.4, -0.2) is 35.3 Å². The molecule has 1 saturated heterocycles. The van der Waals surface area contributed by atoms with Crippen LogP contribution >= 0.6 is 0 Å². The summed E-state index contributed by atoms with van der Waals surface area (Å²) in [6.45, 7) is 2.29. The molecule has 0 amide bonds. The molecule has 0 saturated carbocycles. The quantitative estimate of drug-likeness (QED) is 0.729. The second-order valence-corrected chi connectivity index (χ2v) is 6.75. The molecule has 1 aliphatic rings. The molecule has 0 spiro atoms. The number of hydrogen-bond acceptors (Lipinski definition) is 6. The van der Waals surface area contributed by atoms with Crippen LogP contribution in [0, 0.1) is 0 Å². The van der Waals surface area contributed by atoms with Crippen molar-refractivity contribution < 1.29 is 0 Å². The largest absolute Gasteiger partial charge is 0.372 e. The number of para-hydroxylation sites is 1. The molecule has 1 aliphatic heterocycles. The first-order chi connectivity index (χ1) is 13.3. The van der Waals surface area contributed by atoms with Crippen molar-refractivity contribution in [2.45, 2.75) is 19.3 Å². The van der Waals surface area contributed by atoms with Gasteiger partial charge in [0.25, 0.3) is 0 Å². The SMILES string of the molecule is CN(c1ccccc1)c1cnnc(Nc2ccc(N3CCCCC3)cc2)n1. The van der Waals surface area contributed by atoms with E-state index in [1.165, 1.54) is 24.9 Å². The van der Waals surface area contributed by atoms with E-state index in [4.69, 9.17) is 0 Å². The zero-order chi connectivity index (χ0) is 18.5. The summed E-state index contributed by atoms with van der Waals surface area (Å²) in [5.74, 6) is 1.23. The van der Waals surface area contributed by atoms with E-state index in [0.29, 0.717) is 5.95 Å². The Morgan fingerprint density at radius 2 is 1.67 bits per heavy atom. The lowest BCUT2D eigenvalue weighted by molar-refractivity contribution is 0.578. The second kappa shape index (κ2) is 8.03. The van der Waals surface area contributed by atoms with Crippen molar-refractivity contribution in [1.82, 2.24) is 15.2 Å². The molecule has 0 radical (unpaired) electrons. The number of hydrogen-bond donors (Lipinski definition) is 1. The van der Waals surface area contributed by atoms with E-state index in [9.17, 15) is 0 Å². The summed E-state index contributed by atoms with van der Waals surface area (Å²) in [7, 11) is 1.97. The van der Waals surface area contributed by atoms with Crippen LogP contribution in [0.2, 0.25) is 0 Å². The van der Waals surface area contributed by atoms with E-state index in [2.05, 4.69) is 49.7 Å². The maximum atomic E-state index is 4.59. The minimum atomic E-state index is 0.487. The standard InChI is InChI=1S/C21H24N6/c1-26(18-8-4-2-5-9-18)20-16-22-25-21(24-20)23-17-10-12-19(13-11-17)27-14-6-3-7-15-27/h2,4-5,8-13,16H,3,6-7,14-15H2,1H3,(H,23,24,25). The maximum Gasteiger partial charge on any atom is 0.249 e. The number of benzene rings is 2. The molecule has 2 aromatic carbocycles. The number of anilines is 5. The molecule has 0 aliphatic carbocycles. The van der Waals surface area contributed by atoms with Crippen molar-refractivity contribution in [2.75, 3.05) is 35.3 Å². The molecular weight excluding hydrogens is 336 g/mol. The molecule has 3 aromatic rings. The highest BCUT2D eigenvalue weighted by atomic mass is 15.3. The highest BCUT2D eigenvalue weighted by Crippen LogP contribution is 2.24. The Hall–Kier alpha value is -3.15. The fraction of sp³-hybridized carbons (Fsp3) is 0.286. The Morgan fingerprint density at radius 3 is 2.41 bits per heavy atom. The summed E-state index contributed by atoms with van der Waals surface area (Å²) in [6, 6.07) is 18.5. The Morgan fingerprint density at radius 1 is 0.926 bits per heavy atom. The first-order valence-corrected chi connectivity index (χ1v) is 9.40. The molecule has 1 aromatic heterocycles. The predicted octanol–water partition coefficient (Wildman–Crippen LogP) is 4.37. The Bertz CT molecular complexity index is 859. The normalized spacial score (nSPS) is 14.0. The molecule has 1 fully saturated rings. The summed E-state index contributed by atoms with van der Waals surface area (Å²) in [4.78, 5) is 9.02. The van der Waals surface area contributed by atoms with Crippen molar-refractivity contribution in [3.8, 4) is 0 Å². The van der Waals surface area contributed by atoms with Gasteiger partial charge in [0.1, 0.15) is 0 Å². The summed E-state index contributed by atoms with van der Waals surface area (Å²) >= 11 is 0. The van der Waals surface area contributed by atoms with Crippen LogP contribution in [0.4, 0.5) is 28.8 Å². The zero-order valence-corrected chi connectivity index (χ0v) is 15.5. The van der Waals surface area contributed by atoms with Crippen LogP contribution in [0.25, 0.3) is 0 Å². The van der Waals surface area contributed by atoms with Crippen LogP contribution in [-0.2, 0) is 0 Å². The van der Waals surface area contributed by atoms with Gasteiger partial charge in [-0.15, -0.1) is 5.10 Å². The van der Waals surface area contributed by atoms with Crippen LogP contribution in [0.1, 0.15) is 19.3 Å². The average Bonchev–Trinajstić information content (AvgIpc) is 2.75. The van der Waals surface area contributed by atoms with Crippen LogP contribution in [0.15, 0.2) is 60.8 Å². The highest BCUT2D eigenvalue weighted by molar-refractivity contribution is 5.62. The van der Waals surface area contributed by atoms with Gasteiger partial charge in [0.05, 0.1) is 6.20 Å². The second-order valence-electron chi connectivity index (χ2n) is 6.75. The zero-order valence-electron chi connectivity index (χ0n) is 15.5. The fourth-order valence-corrected chi connectivity index (χ4v) is 3.33. The van der Waals surface area contributed by atoms with Gasteiger partial charge in [-0.05, 0) is 55.7 Å². The highest BCUT2D eigenvalue weighted by Gasteiger charge is 2.11. The van der Waals surface area contributed by atoms with E-state index in [0.717, 1.165) is 30.3 Å². The Kier molecular flexibility index (Phi) is 5.14. The number of nitrogens with zero attached hydrogens (tertiary/aromatic N) is 5. The average molecular weight is 360 g/mol. The lowest BCUT2D eigenvalue weighted by Gasteiger charge is -2.28. The summed E-state index contributed by atoms with van der Waals surface area (Å²) < 4.78 is 0. The molecule has 0 atom stereocenters. The third-order valence-corrected chi connectivity index (χ3v) is 4.88. The first-order valence-electron chi connectivity index (χ1n) is 9.40. The summed E-state index contributed by atoms with van der Waals surface area (Å²) in [5.41, 5.74) is 3.28. The predicted molar refractivity (Wildman–Crippen MR) is 110 cm³/mol. The van der Waals surface area contributed by atoms with Crippen molar-refractivity contribution in [3.05, 3.63) is 60.8 Å². The Balaban J connectivity index is 1.46. The monoisotopic (exact) mass is 360 g/mol. The van der Waals surface area contributed by atoms with Crippen LogP contribution < -0.4 is 15.1 Å². The summed E-state index contributed by atoms with van der Waals surface area (Å²) in [5, 5.41) is 11.5. The maximum absolute atomic E-state index is 4.59. The van der Waals surface area contributed by atoms with E-state index in [-0.39, 0.29) is 0 Å². The van der Waals surface area contributed by atoms with Gasteiger partial charge in [0.2, 0.25) is 5.95 Å². The summed E-state index contributed by atoms with van der Waals surface area (Å²) in [6.07, 6.45) is 5.56. The smallest absolute Gasteiger partial charge is 0.249 e. The molecule has 0 bridgehead atoms. The number of rotatable bonds is 5. The van der Waals surface area contributed by atoms with Gasteiger partial charge in [-0.2, -0.15) is 10.1 Å². The fourth-order valence-electron chi connectivity index (χ4n) is 3.33. The van der Waals surface area contributed by atoms with Crippen molar-refractivity contribution >= 4 is 28.8 Å². The van der Waals surface area contributed by atoms with Gasteiger partial charge >= 0.3 is 0 Å². The van der Waals surface area contributed by atoms with E-state index < -0.39 is 0 Å². The molecule has 6 heteroatoms. The molecular formula is C21H24N6. The van der Waals surface area contributed by atoms with E-state index in [1.54, 1.807) is 6.20 Å². The topological polar surface area (TPSA) is 57.2 Å². The van der Waals surface area contributed by atoms with Crippen molar-refractivity contribution in [1.29, 1.82) is 0 Å². The number of aromatic nitrogens is 3. The molecule has 6 nitrogen and oxygen atoms in total. The van der Waals surface area contributed by atoms with E-state index >= 15 is 0 Å². The minimum Gasteiger partial charge on any atom is -0.372 e. The number of nitrogens with one attached hydrogen (secondary N) is 1. The van der Waals surface area contributed by atoms with E-state index in [1.807, 2.05) is 42.3 Å². The molecule has 27 heavy (non-hydrogen) atoms. The third-order valence-electron chi connectivity index (χ3n) is 4.88. The van der Waals surface area contributed by atoms with Gasteiger partial charge < -0.3 is 15.1 Å². The lowest BCUT2D eigenvalue weighted by Crippen LogP contribution is -2.29. The third kappa shape index (κ3) is 4.16. The van der Waals surface area contributed by atoms with Gasteiger partial charge in [-0.3, -0.25) is 0 Å². The first kappa shape index (κ1) is 17.3. The molecule has 138 valence electrons. The van der Waals surface area contributed by atoms with Crippen molar-refractivity contribution in [2.24, 2.45) is 0 Å². The van der Waals surface area contributed by atoms with Crippen LogP contribution in [0.5, 0.6) is 0 Å². The van der Waals surface area contributed by atoms with Gasteiger partial charge in [-0.25, -0.2) is 0 Å².